The molecule has 1 atom stereocenters. The molecule has 0 aliphatic heterocycles. The summed E-state index contributed by atoms with van der Waals surface area (Å²) in [6, 6.07) is 5.19. The normalized spacial score (nSPS) is 13.1. The van der Waals surface area contributed by atoms with E-state index in [4.69, 9.17) is 20.9 Å². The van der Waals surface area contributed by atoms with Crippen LogP contribution in [0.25, 0.3) is 11.4 Å². The molecule has 0 N–H and O–H groups in total. The second kappa shape index (κ2) is 6.03. The van der Waals surface area contributed by atoms with Gasteiger partial charge >= 0.3 is 0 Å². The summed E-state index contributed by atoms with van der Waals surface area (Å²) in [4.78, 5) is 4.23. The quantitative estimate of drug-likeness (QED) is 0.837. The fourth-order valence-corrected chi connectivity index (χ4v) is 3.27. The van der Waals surface area contributed by atoms with Crippen molar-refractivity contribution in [3.8, 4) is 17.1 Å². The molecule has 6 nitrogen and oxygen atoms in total. The Morgan fingerprint density at radius 3 is 2.76 bits per heavy atom. The second-order valence-corrected chi connectivity index (χ2v) is 7.36. The van der Waals surface area contributed by atoms with Crippen LogP contribution >= 0.6 is 11.6 Å². The van der Waals surface area contributed by atoms with Gasteiger partial charge in [-0.15, -0.1) is 0 Å². The first-order valence-corrected chi connectivity index (χ1v) is 8.60. The first kappa shape index (κ1) is 15.8. The highest BCUT2D eigenvalue weighted by molar-refractivity contribution is 7.90. The van der Waals surface area contributed by atoms with Crippen LogP contribution in [0.5, 0.6) is 5.75 Å². The second-order valence-electron chi connectivity index (χ2n) is 4.77. The molecule has 0 saturated heterocycles. The maximum absolute atomic E-state index is 11.3. The van der Waals surface area contributed by atoms with Gasteiger partial charge in [0.05, 0.1) is 23.4 Å². The van der Waals surface area contributed by atoms with Crippen molar-refractivity contribution in [2.24, 2.45) is 0 Å². The van der Waals surface area contributed by atoms with Gasteiger partial charge in [0.2, 0.25) is 11.7 Å². The van der Waals surface area contributed by atoms with E-state index < -0.39 is 9.84 Å². The number of para-hydroxylation sites is 1. The number of methoxy groups -OCH3 is 1. The van der Waals surface area contributed by atoms with Crippen LogP contribution < -0.4 is 4.74 Å². The lowest BCUT2D eigenvalue weighted by Crippen LogP contribution is -2.10. The first-order valence-electron chi connectivity index (χ1n) is 6.16. The highest BCUT2D eigenvalue weighted by Crippen LogP contribution is 2.34. The smallest absolute Gasteiger partial charge is 0.230 e. The van der Waals surface area contributed by atoms with Gasteiger partial charge in [0.15, 0.2) is 0 Å². The minimum atomic E-state index is -3.12. The molecule has 1 heterocycles. The number of benzene rings is 1. The average molecular weight is 331 g/mol. The number of hydrogen-bond donors (Lipinski definition) is 0. The molecule has 1 aromatic heterocycles. The summed E-state index contributed by atoms with van der Waals surface area (Å²) in [7, 11) is -1.62. The van der Waals surface area contributed by atoms with Gasteiger partial charge in [-0.05, 0) is 12.1 Å². The zero-order valence-electron chi connectivity index (χ0n) is 11.8. The number of hydrogen-bond acceptors (Lipinski definition) is 6. The molecule has 8 heteroatoms. The van der Waals surface area contributed by atoms with Crippen molar-refractivity contribution < 1.29 is 17.7 Å². The molecular formula is C13H15ClN2O4S. The summed E-state index contributed by atoms with van der Waals surface area (Å²) in [5.74, 6) is 0.581. The Balaban J connectivity index is 2.35. The molecule has 2 rings (SSSR count). The van der Waals surface area contributed by atoms with E-state index in [1.54, 1.807) is 25.1 Å². The Kier molecular flexibility index (Phi) is 4.53. The molecule has 0 amide bonds. The van der Waals surface area contributed by atoms with E-state index in [2.05, 4.69) is 10.1 Å². The number of sulfone groups is 1. The number of ether oxygens (including phenoxy) is 1. The van der Waals surface area contributed by atoms with Crippen LogP contribution in [0.4, 0.5) is 0 Å². The van der Waals surface area contributed by atoms with Gasteiger partial charge < -0.3 is 9.26 Å². The van der Waals surface area contributed by atoms with E-state index in [1.165, 1.54) is 13.4 Å². The predicted octanol–water partition coefficient (Wildman–Crippen LogP) is 2.55. The highest BCUT2D eigenvalue weighted by Gasteiger charge is 2.21. The van der Waals surface area contributed by atoms with Crippen LogP contribution in [-0.2, 0) is 9.84 Å². The topological polar surface area (TPSA) is 82.3 Å². The van der Waals surface area contributed by atoms with Gasteiger partial charge in [-0.25, -0.2) is 8.42 Å². The van der Waals surface area contributed by atoms with Crippen molar-refractivity contribution in [3.05, 3.63) is 29.1 Å². The fraction of sp³-hybridized carbons (Fsp3) is 0.385. The molecular weight excluding hydrogens is 316 g/mol. The van der Waals surface area contributed by atoms with Gasteiger partial charge in [-0.3, -0.25) is 0 Å². The Morgan fingerprint density at radius 1 is 1.43 bits per heavy atom. The number of nitrogens with zero attached hydrogens (tertiary/aromatic N) is 2. The third kappa shape index (κ3) is 3.74. The SMILES string of the molecule is COc1c(Cl)cccc1-c1noc(C(C)CS(C)(=O)=O)n1. The molecule has 0 saturated carbocycles. The number of halogens is 1. The van der Waals surface area contributed by atoms with E-state index >= 15 is 0 Å². The lowest BCUT2D eigenvalue weighted by molar-refractivity contribution is 0.365. The van der Waals surface area contributed by atoms with Crippen molar-refractivity contribution in [2.75, 3.05) is 19.1 Å². The van der Waals surface area contributed by atoms with Crippen LogP contribution in [-0.4, -0.2) is 37.7 Å². The maximum atomic E-state index is 11.3. The van der Waals surface area contributed by atoms with Crippen LogP contribution in [0.1, 0.15) is 18.7 Å². The van der Waals surface area contributed by atoms with Crippen LogP contribution in [0.2, 0.25) is 5.02 Å². The molecule has 2 aromatic rings. The standard InChI is InChI=1S/C13H15ClN2O4S/c1-8(7-21(3,17)18)13-15-12(16-20-13)9-5-4-6-10(14)11(9)19-2/h4-6,8H,7H2,1-3H3. The highest BCUT2D eigenvalue weighted by atomic mass is 35.5. The van der Waals surface area contributed by atoms with E-state index in [0.717, 1.165) is 0 Å². The molecule has 1 unspecified atom stereocenters. The summed E-state index contributed by atoms with van der Waals surface area (Å²) in [6.45, 7) is 1.72. The van der Waals surface area contributed by atoms with Crippen molar-refractivity contribution in [2.45, 2.75) is 12.8 Å². The third-order valence-corrected chi connectivity index (χ3v) is 4.23. The fourth-order valence-electron chi connectivity index (χ4n) is 1.96. The summed E-state index contributed by atoms with van der Waals surface area (Å²) in [5.41, 5.74) is 0.589. The minimum absolute atomic E-state index is 0.0543. The van der Waals surface area contributed by atoms with E-state index in [0.29, 0.717) is 22.2 Å². The summed E-state index contributed by atoms with van der Waals surface area (Å²) in [5, 5.41) is 4.30. The largest absolute Gasteiger partial charge is 0.494 e. The molecule has 0 spiro atoms. The lowest BCUT2D eigenvalue weighted by Gasteiger charge is -2.06. The van der Waals surface area contributed by atoms with Gasteiger partial charge in [0.1, 0.15) is 15.6 Å². The average Bonchev–Trinajstić information content (AvgIpc) is 2.86. The van der Waals surface area contributed by atoms with E-state index in [-0.39, 0.29) is 17.6 Å². The molecule has 0 aliphatic rings. The lowest BCUT2D eigenvalue weighted by atomic mass is 10.2. The molecule has 0 aliphatic carbocycles. The molecule has 1 aromatic carbocycles. The monoisotopic (exact) mass is 330 g/mol. The maximum Gasteiger partial charge on any atom is 0.230 e. The van der Waals surface area contributed by atoms with Crippen LogP contribution in [0.3, 0.4) is 0 Å². The van der Waals surface area contributed by atoms with Gasteiger partial charge in [0.25, 0.3) is 0 Å². The van der Waals surface area contributed by atoms with Crippen molar-refractivity contribution in [1.29, 1.82) is 0 Å². The molecule has 114 valence electrons. The summed E-state index contributed by atoms with van der Waals surface area (Å²) in [6.07, 6.45) is 1.17. The van der Waals surface area contributed by atoms with Gasteiger partial charge in [-0.1, -0.05) is 29.7 Å². The Morgan fingerprint density at radius 2 is 2.14 bits per heavy atom. The summed E-state index contributed by atoms with van der Waals surface area (Å²) >= 11 is 6.05. The number of aromatic nitrogens is 2. The molecule has 0 radical (unpaired) electrons. The molecule has 0 fully saturated rings. The van der Waals surface area contributed by atoms with Crippen LogP contribution in [0, 0.1) is 0 Å². The Bertz CT molecular complexity index is 742. The predicted molar refractivity (Wildman–Crippen MR) is 79.4 cm³/mol. The van der Waals surface area contributed by atoms with Crippen molar-refractivity contribution in [3.63, 3.8) is 0 Å². The van der Waals surface area contributed by atoms with Gasteiger partial charge in [-0.2, -0.15) is 4.98 Å². The third-order valence-electron chi connectivity index (χ3n) is 2.83. The van der Waals surface area contributed by atoms with E-state index in [9.17, 15) is 8.42 Å². The molecule has 0 bridgehead atoms. The van der Waals surface area contributed by atoms with Crippen LogP contribution in [0.15, 0.2) is 22.7 Å². The van der Waals surface area contributed by atoms with Crippen molar-refractivity contribution >= 4 is 21.4 Å². The van der Waals surface area contributed by atoms with Gasteiger partial charge in [0, 0.05) is 12.2 Å². The zero-order valence-corrected chi connectivity index (χ0v) is 13.4. The number of rotatable bonds is 5. The minimum Gasteiger partial charge on any atom is -0.494 e. The Hall–Kier alpha value is -1.60. The summed E-state index contributed by atoms with van der Waals surface area (Å²) < 4.78 is 33.0. The van der Waals surface area contributed by atoms with Crippen molar-refractivity contribution in [1.82, 2.24) is 10.1 Å². The Labute approximate surface area is 128 Å². The van der Waals surface area contributed by atoms with E-state index in [1.807, 2.05) is 0 Å². The first-order chi connectivity index (χ1) is 9.81. The zero-order chi connectivity index (χ0) is 15.6. The molecule has 21 heavy (non-hydrogen) atoms.